The summed E-state index contributed by atoms with van der Waals surface area (Å²) in [5, 5.41) is 15.3. The van der Waals surface area contributed by atoms with Crippen LogP contribution in [0.15, 0.2) is 0 Å². The number of rotatable bonds is 7. The lowest BCUT2D eigenvalue weighted by Gasteiger charge is -2.21. The van der Waals surface area contributed by atoms with Crippen LogP contribution < -0.4 is 10.6 Å². The fraction of sp³-hybridized carbons (Fsp3) is 0.941. The van der Waals surface area contributed by atoms with Gasteiger partial charge in [0.25, 0.3) is 0 Å². The van der Waals surface area contributed by atoms with E-state index in [2.05, 4.69) is 15.5 Å². The Morgan fingerprint density at radius 3 is 2.68 bits per heavy atom. The normalized spacial score (nSPS) is 26.0. The van der Waals surface area contributed by atoms with Crippen molar-refractivity contribution in [1.82, 2.24) is 15.5 Å². The third-order valence-electron chi connectivity index (χ3n) is 4.95. The van der Waals surface area contributed by atoms with Gasteiger partial charge in [-0.25, -0.2) is 4.79 Å². The summed E-state index contributed by atoms with van der Waals surface area (Å²) in [6.07, 6.45) is 7.04. The molecule has 0 radical (unpaired) electrons. The van der Waals surface area contributed by atoms with Crippen molar-refractivity contribution < 1.29 is 9.90 Å². The number of likely N-dealkylation sites (tertiary alicyclic amines) is 1. The first-order valence-corrected chi connectivity index (χ1v) is 8.97. The van der Waals surface area contributed by atoms with E-state index in [9.17, 15) is 9.90 Å². The highest BCUT2D eigenvalue weighted by molar-refractivity contribution is 5.74. The first kappa shape index (κ1) is 17.5. The van der Waals surface area contributed by atoms with Crippen LogP contribution in [0, 0.1) is 11.8 Å². The van der Waals surface area contributed by atoms with E-state index in [1.807, 2.05) is 6.92 Å². The summed E-state index contributed by atoms with van der Waals surface area (Å²) in [5.74, 6) is 1.18. The molecular formula is C17H33N3O2. The zero-order valence-corrected chi connectivity index (χ0v) is 14.2. The van der Waals surface area contributed by atoms with Crippen LogP contribution >= 0.6 is 0 Å². The topological polar surface area (TPSA) is 64.6 Å². The fourth-order valence-corrected chi connectivity index (χ4v) is 3.84. The Morgan fingerprint density at radius 1 is 1.27 bits per heavy atom. The van der Waals surface area contributed by atoms with Gasteiger partial charge in [-0.3, -0.25) is 0 Å². The quantitative estimate of drug-likeness (QED) is 0.673. The number of nitrogens with zero attached hydrogens (tertiary/aromatic N) is 1. The van der Waals surface area contributed by atoms with Gasteiger partial charge in [-0.1, -0.05) is 19.8 Å². The van der Waals surface area contributed by atoms with Crippen LogP contribution in [-0.4, -0.2) is 54.4 Å². The van der Waals surface area contributed by atoms with Crippen molar-refractivity contribution in [3.8, 4) is 0 Å². The number of hydrogen-bond acceptors (Lipinski definition) is 3. The number of aliphatic hydroxyl groups excluding tert-OH is 1. The van der Waals surface area contributed by atoms with Gasteiger partial charge in [0.15, 0.2) is 0 Å². The second-order valence-electron chi connectivity index (χ2n) is 7.44. The van der Waals surface area contributed by atoms with Crippen molar-refractivity contribution in [2.75, 3.05) is 26.2 Å². The lowest BCUT2D eigenvalue weighted by atomic mass is 10.1. The molecule has 3 unspecified atom stereocenters. The number of aliphatic hydroxyl groups is 1. The van der Waals surface area contributed by atoms with Gasteiger partial charge < -0.3 is 20.6 Å². The predicted octanol–water partition coefficient (Wildman–Crippen LogP) is 1.96. The van der Waals surface area contributed by atoms with Crippen LogP contribution in [-0.2, 0) is 0 Å². The van der Waals surface area contributed by atoms with Crippen LogP contribution in [0.3, 0.4) is 0 Å². The predicted molar refractivity (Wildman–Crippen MR) is 88.8 cm³/mol. The number of amides is 2. The summed E-state index contributed by atoms with van der Waals surface area (Å²) in [7, 11) is 0. The fourth-order valence-electron chi connectivity index (χ4n) is 3.84. The zero-order chi connectivity index (χ0) is 15.9. The molecule has 2 aliphatic rings. The Labute approximate surface area is 134 Å². The maximum Gasteiger partial charge on any atom is 0.315 e. The van der Waals surface area contributed by atoms with Crippen LogP contribution in [0.5, 0.6) is 0 Å². The van der Waals surface area contributed by atoms with Crippen LogP contribution in [0.1, 0.15) is 52.4 Å². The van der Waals surface area contributed by atoms with E-state index in [0.717, 1.165) is 31.8 Å². The third kappa shape index (κ3) is 6.13. The zero-order valence-electron chi connectivity index (χ0n) is 14.2. The van der Waals surface area contributed by atoms with Crippen molar-refractivity contribution in [2.45, 2.75) is 64.5 Å². The molecular weight excluding hydrogens is 278 g/mol. The molecule has 5 heteroatoms. The summed E-state index contributed by atoms with van der Waals surface area (Å²) in [4.78, 5) is 14.4. The molecule has 2 fully saturated rings. The summed E-state index contributed by atoms with van der Waals surface area (Å²) in [5.41, 5.74) is 0. The molecule has 0 spiro atoms. The van der Waals surface area contributed by atoms with E-state index in [-0.39, 0.29) is 18.2 Å². The second-order valence-corrected chi connectivity index (χ2v) is 7.44. The Balaban J connectivity index is 1.59. The molecule has 2 amide bonds. The summed E-state index contributed by atoms with van der Waals surface area (Å²) >= 11 is 0. The van der Waals surface area contributed by atoms with Gasteiger partial charge in [0.1, 0.15) is 0 Å². The van der Waals surface area contributed by atoms with Gasteiger partial charge in [0.2, 0.25) is 0 Å². The third-order valence-corrected chi connectivity index (χ3v) is 4.95. The van der Waals surface area contributed by atoms with Gasteiger partial charge in [0.05, 0.1) is 6.10 Å². The molecule has 1 aliphatic heterocycles. The maximum atomic E-state index is 11.9. The summed E-state index contributed by atoms with van der Waals surface area (Å²) in [6.45, 7) is 7.77. The SMILES string of the molecule is CC(O)CC(C)CNC(=O)NC1CCN(CC2CCCC2)C1. The van der Waals surface area contributed by atoms with Gasteiger partial charge in [-0.2, -0.15) is 0 Å². The van der Waals surface area contributed by atoms with Crippen LogP contribution in [0.4, 0.5) is 4.79 Å². The standard InChI is InChI=1S/C17H33N3O2/c1-13(9-14(2)21)10-18-17(22)19-16-7-8-20(12-16)11-15-5-3-4-6-15/h13-16,21H,3-12H2,1-2H3,(H2,18,19,22). The highest BCUT2D eigenvalue weighted by atomic mass is 16.3. The first-order valence-electron chi connectivity index (χ1n) is 8.97. The molecule has 0 aromatic rings. The molecule has 1 saturated carbocycles. The molecule has 1 aliphatic carbocycles. The molecule has 1 heterocycles. The number of carbonyl (C=O) groups is 1. The highest BCUT2D eigenvalue weighted by Gasteiger charge is 2.26. The van der Waals surface area contributed by atoms with Crippen molar-refractivity contribution >= 4 is 6.03 Å². The molecule has 0 aromatic carbocycles. The maximum absolute atomic E-state index is 11.9. The number of nitrogens with one attached hydrogen (secondary N) is 2. The van der Waals surface area contributed by atoms with E-state index in [0.29, 0.717) is 12.5 Å². The molecule has 3 N–H and O–H groups in total. The van der Waals surface area contributed by atoms with Crippen molar-refractivity contribution in [1.29, 1.82) is 0 Å². The van der Waals surface area contributed by atoms with Gasteiger partial charge in [-0.15, -0.1) is 0 Å². The molecule has 0 aromatic heterocycles. The van der Waals surface area contributed by atoms with Gasteiger partial charge in [0, 0.05) is 32.2 Å². The molecule has 0 bridgehead atoms. The lowest BCUT2D eigenvalue weighted by Crippen LogP contribution is -2.44. The minimum Gasteiger partial charge on any atom is -0.393 e. The van der Waals surface area contributed by atoms with E-state index in [1.54, 1.807) is 6.92 Å². The second kappa shape index (κ2) is 8.73. The molecule has 2 rings (SSSR count). The minimum absolute atomic E-state index is 0.0647. The van der Waals surface area contributed by atoms with E-state index in [1.165, 1.54) is 32.2 Å². The number of carbonyl (C=O) groups excluding carboxylic acids is 1. The molecule has 5 nitrogen and oxygen atoms in total. The molecule has 3 atom stereocenters. The van der Waals surface area contributed by atoms with Crippen molar-refractivity contribution in [3.05, 3.63) is 0 Å². The first-order chi connectivity index (χ1) is 10.5. The van der Waals surface area contributed by atoms with E-state index >= 15 is 0 Å². The largest absolute Gasteiger partial charge is 0.393 e. The van der Waals surface area contributed by atoms with Crippen molar-refractivity contribution in [3.63, 3.8) is 0 Å². The van der Waals surface area contributed by atoms with Gasteiger partial charge >= 0.3 is 6.03 Å². The smallest absolute Gasteiger partial charge is 0.315 e. The van der Waals surface area contributed by atoms with Gasteiger partial charge in [-0.05, 0) is 44.4 Å². The minimum atomic E-state index is -0.307. The van der Waals surface area contributed by atoms with E-state index in [4.69, 9.17) is 0 Å². The monoisotopic (exact) mass is 311 g/mol. The Hall–Kier alpha value is -0.810. The number of urea groups is 1. The number of hydrogen-bond donors (Lipinski definition) is 3. The van der Waals surface area contributed by atoms with Crippen LogP contribution in [0.2, 0.25) is 0 Å². The molecule has 128 valence electrons. The highest BCUT2D eigenvalue weighted by Crippen LogP contribution is 2.26. The average Bonchev–Trinajstić information content (AvgIpc) is 3.08. The lowest BCUT2D eigenvalue weighted by molar-refractivity contribution is 0.163. The Kier molecular flexibility index (Phi) is 6.96. The van der Waals surface area contributed by atoms with Crippen LogP contribution in [0.25, 0.3) is 0 Å². The summed E-state index contributed by atoms with van der Waals surface area (Å²) in [6, 6.07) is 0.221. The average molecular weight is 311 g/mol. The van der Waals surface area contributed by atoms with E-state index < -0.39 is 0 Å². The Morgan fingerprint density at radius 2 is 2.00 bits per heavy atom. The summed E-state index contributed by atoms with van der Waals surface area (Å²) < 4.78 is 0. The Bertz CT molecular complexity index is 343. The van der Waals surface area contributed by atoms with Crippen molar-refractivity contribution in [2.24, 2.45) is 11.8 Å². The molecule has 22 heavy (non-hydrogen) atoms. The molecule has 1 saturated heterocycles.